The summed E-state index contributed by atoms with van der Waals surface area (Å²) in [5, 5.41) is 2.87. The number of methoxy groups -OCH3 is 2. The van der Waals surface area contributed by atoms with Crippen molar-refractivity contribution < 1.29 is 19.1 Å². The summed E-state index contributed by atoms with van der Waals surface area (Å²) in [5.41, 5.74) is 9.10. The smallest absolute Gasteiger partial charge is 0.305 e. The van der Waals surface area contributed by atoms with Gasteiger partial charge in [0, 0.05) is 19.5 Å². The fourth-order valence-corrected chi connectivity index (χ4v) is 2.69. The molecule has 0 aliphatic carbocycles. The topological polar surface area (TPSA) is 90.7 Å². The lowest BCUT2D eigenvalue weighted by Crippen LogP contribution is -2.25. The molecule has 0 bridgehead atoms. The first kappa shape index (κ1) is 20.5. The molecule has 2 aromatic carbocycles. The first-order valence-corrected chi connectivity index (χ1v) is 8.91. The van der Waals surface area contributed by atoms with Crippen LogP contribution < -0.4 is 15.8 Å². The molecule has 0 saturated carbocycles. The minimum absolute atomic E-state index is 0.203. The first-order chi connectivity index (χ1) is 13.1. The van der Waals surface area contributed by atoms with Crippen LogP contribution in [0.25, 0.3) is 11.1 Å². The monoisotopic (exact) mass is 370 g/mol. The van der Waals surface area contributed by atoms with Crippen LogP contribution >= 0.6 is 0 Å². The Morgan fingerprint density at radius 1 is 1.00 bits per heavy atom. The molecular formula is C21H26N2O4. The molecular weight excluding hydrogens is 344 g/mol. The zero-order valence-corrected chi connectivity index (χ0v) is 15.8. The molecule has 2 aromatic rings. The van der Waals surface area contributed by atoms with Gasteiger partial charge in [0.05, 0.1) is 19.8 Å². The molecule has 0 heterocycles. The molecule has 0 aromatic heterocycles. The van der Waals surface area contributed by atoms with Gasteiger partial charge in [-0.3, -0.25) is 9.59 Å². The molecule has 144 valence electrons. The Labute approximate surface area is 159 Å². The van der Waals surface area contributed by atoms with E-state index in [1.54, 1.807) is 6.07 Å². The van der Waals surface area contributed by atoms with Crippen LogP contribution in [0.5, 0.6) is 5.75 Å². The molecule has 6 heteroatoms. The normalized spacial score (nSPS) is 10.3. The number of unbranched alkanes of at least 4 members (excludes halogenated alkanes) is 1. The van der Waals surface area contributed by atoms with E-state index in [4.69, 9.17) is 10.5 Å². The molecule has 0 aliphatic rings. The molecule has 3 N–H and O–H groups in total. The van der Waals surface area contributed by atoms with Gasteiger partial charge in [-0.15, -0.1) is 0 Å². The van der Waals surface area contributed by atoms with E-state index in [1.807, 2.05) is 36.4 Å². The number of esters is 1. The number of benzene rings is 2. The van der Waals surface area contributed by atoms with E-state index in [1.165, 1.54) is 14.2 Å². The Morgan fingerprint density at radius 3 is 2.33 bits per heavy atom. The lowest BCUT2D eigenvalue weighted by molar-refractivity contribution is -0.140. The summed E-state index contributed by atoms with van der Waals surface area (Å²) in [7, 11) is 2.91. The highest BCUT2D eigenvalue weighted by Gasteiger charge is 2.13. The molecule has 1 amide bonds. The molecule has 0 fully saturated rings. The molecule has 2 rings (SSSR count). The van der Waals surface area contributed by atoms with Crippen LogP contribution in [-0.2, 0) is 16.1 Å². The van der Waals surface area contributed by atoms with E-state index >= 15 is 0 Å². The van der Waals surface area contributed by atoms with Gasteiger partial charge in [-0.2, -0.15) is 0 Å². The van der Waals surface area contributed by atoms with Crippen molar-refractivity contribution in [3.63, 3.8) is 0 Å². The molecule has 0 saturated heterocycles. The fraction of sp³-hybridized carbons (Fsp3) is 0.333. The Hall–Kier alpha value is -2.86. The van der Waals surface area contributed by atoms with Crippen molar-refractivity contribution in [3.8, 4) is 16.9 Å². The number of ether oxygens (including phenoxy) is 2. The maximum absolute atomic E-state index is 12.6. The summed E-state index contributed by atoms with van der Waals surface area (Å²) in [6.07, 6.45) is 1.71. The second-order valence-electron chi connectivity index (χ2n) is 6.11. The van der Waals surface area contributed by atoms with Gasteiger partial charge in [-0.1, -0.05) is 30.3 Å². The zero-order valence-electron chi connectivity index (χ0n) is 15.8. The molecule has 0 aliphatic heterocycles. The summed E-state index contributed by atoms with van der Waals surface area (Å²) in [6.45, 7) is 0.973. The van der Waals surface area contributed by atoms with E-state index in [0.717, 1.165) is 16.7 Å². The Balaban J connectivity index is 2.05. The number of carbonyl (C=O) groups is 2. The van der Waals surface area contributed by atoms with Gasteiger partial charge in [0.15, 0.2) is 0 Å². The lowest BCUT2D eigenvalue weighted by Gasteiger charge is -2.12. The summed E-state index contributed by atoms with van der Waals surface area (Å²) >= 11 is 0. The molecule has 6 nitrogen and oxygen atoms in total. The summed E-state index contributed by atoms with van der Waals surface area (Å²) in [5.74, 6) is 0.0751. The molecule has 0 atom stereocenters. The van der Waals surface area contributed by atoms with Crippen molar-refractivity contribution in [2.75, 3.05) is 20.8 Å². The van der Waals surface area contributed by atoms with Crippen LogP contribution in [0.1, 0.15) is 35.2 Å². The van der Waals surface area contributed by atoms with Crippen molar-refractivity contribution in [3.05, 3.63) is 53.6 Å². The molecule has 0 unspecified atom stereocenters. The van der Waals surface area contributed by atoms with Gasteiger partial charge in [0.1, 0.15) is 5.75 Å². The van der Waals surface area contributed by atoms with Gasteiger partial charge in [0.25, 0.3) is 5.91 Å². The van der Waals surface area contributed by atoms with E-state index in [9.17, 15) is 9.59 Å². The first-order valence-electron chi connectivity index (χ1n) is 8.91. The SMILES string of the molecule is COC(=O)CCCCNC(=O)c1cc(-c2ccc(CN)cc2)ccc1OC. The number of carbonyl (C=O) groups excluding carboxylic acids is 2. The van der Waals surface area contributed by atoms with Crippen LogP contribution in [0.3, 0.4) is 0 Å². The molecule has 27 heavy (non-hydrogen) atoms. The number of amides is 1. The highest BCUT2D eigenvalue weighted by molar-refractivity contribution is 5.98. The maximum Gasteiger partial charge on any atom is 0.305 e. The van der Waals surface area contributed by atoms with E-state index in [2.05, 4.69) is 10.1 Å². The predicted octanol–water partition coefficient (Wildman–Crippen LogP) is 2.89. The number of hydrogen-bond donors (Lipinski definition) is 2. The lowest BCUT2D eigenvalue weighted by atomic mass is 10.0. The minimum atomic E-state index is -0.239. The molecule has 0 radical (unpaired) electrons. The van der Waals surface area contributed by atoms with E-state index < -0.39 is 0 Å². The van der Waals surface area contributed by atoms with Crippen LogP contribution in [0.2, 0.25) is 0 Å². The summed E-state index contributed by atoms with van der Waals surface area (Å²) < 4.78 is 9.93. The number of nitrogens with one attached hydrogen (secondary N) is 1. The standard InChI is InChI=1S/C21H26N2O4/c1-26-19-11-10-17(16-8-6-15(14-22)7-9-16)13-18(19)21(25)23-12-4-3-5-20(24)27-2/h6-11,13H,3-5,12,14,22H2,1-2H3,(H,23,25). The highest BCUT2D eigenvalue weighted by Crippen LogP contribution is 2.27. The largest absolute Gasteiger partial charge is 0.496 e. The fourth-order valence-electron chi connectivity index (χ4n) is 2.69. The number of nitrogens with two attached hydrogens (primary N) is 1. The Bertz CT molecular complexity index is 772. The van der Waals surface area contributed by atoms with E-state index in [0.29, 0.717) is 43.7 Å². The third kappa shape index (κ3) is 5.82. The zero-order chi connectivity index (χ0) is 19.6. The van der Waals surface area contributed by atoms with Gasteiger partial charge >= 0.3 is 5.97 Å². The van der Waals surface area contributed by atoms with Crippen molar-refractivity contribution in [2.45, 2.75) is 25.8 Å². The maximum atomic E-state index is 12.6. The second-order valence-corrected chi connectivity index (χ2v) is 6.11. The van der Waals surface area contributed by atoms with Crippen LogP contribution in [-0.4, -0.2) is 32.6 Å². The van der Waals surface area contributed by atoms with Crippen LogP contribution in [0.15, 0.2) is 42.5 Å². The van der Waals surface area contributed by atoms with Gasteiger partial charge in [-0.05, 0) is 41.7 Å². The predicted molar refractivity (Wildman–Crippen MR) is 105 cm³/mol. The highest BCUT2D eigenvalue weighted by atomic mass is 16.5. The van der Waals surface area contributed by atoms with Crippen LogP contribution in [0, 0.1) is 0 Å². The van der Waals surface area contributed by atoms with Crippen molar-refractivity contribution in [2.24, 2.45) is 5.73 Å². The van der Waals surface area contributed by atoms with Crippen molar-refractivity contribution >= 4 is 11.9 Å². The quantitative estimate of drug-likeness (QED) is 0.523. The van der Waals surface area contributed by atoms with E-state index in [-0.39, 0.29) is 11.9 Å². The van der Waals surface area contributed by atoms with Gasteiger partial charge in [-0.25, -0.2) is 0 Å². The van der Waals surface area contributed by atoms with Crippen molar-refractivity contribution in [1.82, 2.24) is 5.32 Å². The third-order valence-electron chi connectivity index (χ3n) is 4.29. The average molecular weight is 370 g/mol. The second kappa shape index (κ2) is 10.3. The average Bonchev–Trinajstić information content (AvgIpc) is 2.72. The Morgan fingerprint density at radius 2 is 1.70 bits per heavy atom. The van der Waals surface area contributed by atoms with Gasteiger partial charge in [0.2, 0.25) is 0 Å². The summed E-state index contributed by atoms with van der Waals surface area (Å²) in [6, 6.07) is 13.4. The van der Waals surface area contributed by atoms with Crippen molar-refractivity contribution in [1.29, 1.82) is 0 Å². The number of hydrogen-bond acceptors (Lipinski definition) is 5. The molecule has 0 spiro atoms. The Kier molecular flexibility index (Phi) is 7.82. The van der Waals surface area contributed by atoms with Gasteiger partial charge < -0.3 is 20.5 Å². The van der Waals surface area contributed by atoms with Crippen LogP contribution in [0.4, 0.5) is 0 Å². The minimum Gasteiger partial charge on any atom is -0.496 e. The number of rotatable bonds is 9. The third-order valence-corrected chi connectivity index (χ3v) is 4.29. The summed E-state index contributed by atoms with van der Waals surface area (Å²) in [4.78, 5) is 23.7.